The summed E-state index contributed by atoms with van der Waals surface area (Å²) in [6.07, 6.45) is 0.378. The quantitative estimate of drug-likeness (QED) is 0.824. The Hall–Kier alpha value is -2.69. The molecule has 0 heterocycles. The monoisotopic (exact) mass is 300 g/mol. The van der Waals surface area contributed by atoms with Gasteiger partial charge in [0.25, 0.3) is 0 Å². The Labute approximate surface area is 130 Å². The Morgan fingerprint density at radius 2 is 1.68 bits per heavy atom. The number of carbonyl (C=O) groups is 1. The van der Waals surface area contributed by atoms with Crippen LogP contribution in [0.5, 0.6) is 11.5 Å². The third kappa shape index (κ3) is 4.41. The van der Waals surface area contributed by atoms with E-state index >= 15 is 0 Å². The summed E-state index contributed by atoms with van der Waals surface area (Å²) in [5.74, 6) is 1.30. The molecule has 0 aliphatic heterocycles. The van der Waals surface area contributed by atoms with E-state index in [0.717, 1.165) is 11.4 Å². The summed E-state index contributed by atoms with van der Waals surface area (Å²) in [6.45, 7) is 0.536. The molecular weight excluding hydrogens is 280 g/mol. The normalized spacial score (nSPS) is 9.91. The molecule has 0 atom stereocenters. The van der Waals surface area contributed by atoms with E-state index in [1.54, 1.807) is 14.2 Å². The fourth-order valence-corrected chi connectivity index (χ4v) is 2.01. The summed E-state index contributed by atoms with van der Waals surface area (Å²) in [4.78, 5) is 11.8. The van der Waals surface area contributed by atoms with Crippen LogP contribution in [0.25, 0.3) is 0 Å². The highest BCUT2D eigenvalue weighted by Gasteiger charge is 2.05. The molecule has 0 aromatic heterocycles. The zero-order chi connectivity index (χ0) is 15.8. The van der Waals surface area contributed by atoms with Crippen molar-refractivity contribution in [3.05, 3.63) is 48.5 Å². The van der Waals surface area contributed by atoms with E-state index in [1.807, 2.05) is 48.5 Å². The van der Waals surface area contributed by atoms with Crippen molar-refractivity contribution in [2.45, 2.75) is 6.42 Å². The molecule has 2 rings (SSSR count). The second kappa shape index (κ2) is 7.93. The van der Waals surface area contributed by atoms with Crippen LogP contribution in [-0.4, -0.2) is 26.7 Å². The number of anilines is 2. The van der Waals surface area contributed by atoms with Crippen molar-refractivity contribution in [3.63, 3.8) is 0 Å². The lowest BCUT2D eigenvalue weighted by Gasteiger charge is -2.11. The Bertz CT molecular complexity index is 615. The van der Waals surface area contributed by atoms with Crippen molar-refractivity contribution in [1.82, 2.24) is 0 Å². The zero-order valence-corrected chi connectivity index (χ0v) is 12.8. The van der Waals surface area contributed by atoms with Crippen LogP contribution >= 0.6 is 0 Å². The van der Waals surface area contributed by atoms with E-state index in [1.165, 1.54) is 0 Å². The fourth-order valence-electron chi connectivity index (χ4n) is 2.01. The number of amides is 1. The Morgan fingerprint density at radius 3 is 2.36 bits per heavy atom. The largest absolute Gasteiger partial charge is 0.493 e. The van der Waals surface area contributed by atoms with Gasteiger partial charge in [-0.2, -0.15) is 0 Å². The number of methoxy groups -OCH3 is 2. The van der Waals surface area contributed by atoms with Crippen LogP contribution in [0.2, 0.25) is 0 Å². The number of benzene rings is 2. The van der Waals surface area contributed by atoms with Crippen molar-refractivity contribution in [2.24, 2.45) is 0 Å². The van der Waals surface area contributed by atoms with E-state index < -0.39 is 0 Å². The standard InChI is InChI=1S/C17H20N2O3/c1-21-15-9-8-14(12-16(15)22-2)18-11-10-17(20)19-13-6-4-3-5-7-13/h3-9,12,18H,10-11H2,1-2H3,(H,19,20). The molecule has 2 N–H and O–H groups in total. The molecule has 5 heteroatoms. The van der Waals surface area contributed by atoms with Gasteiger partial charge >= 0.3 is 0 Å². The molecule has 0 spiro atoms. The van der Waals surface area contributed by atoms with Gasteiger partial charge in [0.15, 0.2) is 11.5 Å². The van der Waals surface area contributed by atoms with Crippen molar-refractivity contribution in [1.29, 1.82) is 0 Å². The maximum absolute atomic E-state index is 11.8. The Balaban J connectivity index is 1.82. The predicted octanol–water partition coefficient (Wildman–Crippen LogP) is 3.14. The van der Waals surface area contributed by atoms with Gasteiger partial charge in [-0.3, -0.25) is 4.79 Å². The lowest BCUT2D eigenvalue weighted by atomic mass is 10.2. The molecule has 0 aliphatic carbocycles. The highest BCUT2D eigenvalue weighted by Crippen LogP contribution is 2.29. The summed E-state index contributed by atoms with van der Waals surface area (Å²) in [5, 5.41) is 6.04. The van der Waals surface area contributed by atoms with E-state index in [2.05, 4.69) is 10.6 Å². The molecular formula is C17H20N2O3. The molecule has 0 fully saturated rings. The first-order chi connectivity index (χ1) is 10.7. The number of hydrogen-bond donors (Lipinski definition) is 2. The third-order valence-corrected chi connectivity index (χ3v) is 3.12. The summed E-state index contributed by atoms with van der Waals surface area (Å²) in [7, 11) is 3.19. The Morgan fingerprint density at radius 1 is 0.955 bits per heavy atom. The molecule has 5 nitrogen and oxygen atoms in total. The molecule has 2 aromatic carbocycles. The van der Waals surface area contributed by atoms with Gasteiger partial charge in [-0.15, -0.1) is 0 Å². The predicted molar refractivity (Wildman–Crippen MR) is 87.7 cm³/mol. The molecule has 22 heavy (non-hydrogen) atoms. The molecule has 0 saturated carbocycles. The minimum Gasteiger partial charge on any atom is -0.493 e. The number of carbonyl (C=O) groups excluding carboxylic acids is 1. The lowest BCUT2D eigenvalue weighted by molar-refractivity contribution is -0.115. The minimum absolute atomic E-state index is 0.0285. The molecule has 116 valence electrons. The van der Waals surface area contributed by atoms with Crippen molar-refractivity contribution < 1.29 is 14.3 Å². The van der Waals surface area contributed by atoms with Gasteiger partial charge in [0.1, 0.15) is 0 Å². The fraction of sp³-hybridized carbons (Fsp3) is 0.235. The van der Waals surface area contributed by atoms with Crippen molar-refractivity contribution in [3.8, 4) is 11.5 Å². The van der Waals surface area contributed by atoms with Gasteiger partial charge in [0.05, 0.1) is 14.2 Å². The van der Waals surface area contributed by atoms with Gasteiger partial charge in [-0.05, 0) is 24.3 Å². The molecule has 2 aromatic rings. The van der Waals surface area contributed by atoms with Gasteiger partial charge in [-0.25, -0.2) is 0 Å². The maximum atomic E-state index is 11.8. The summed E-state index contributed by atoms with van der Waals surface area (Å²) >= 11 is 0. The molecule has 0 saturated heterocycles. The lowest BCUT2D eigenvalue weighted by Crippen LogP contribution is -2.16. The number of hydrogen-bond acceptors (Lipinski definition) is 4. The van der Waals surface area contributed by atoms with Crippen LogP contribution in [0.15, 0.2) is 48.5 Å². The van der Waals surface area contributed by atoms with E-state index in [0.29, 0.717) is 24.5 Å². The smallest absolute Gasteiger partial charge is 0.226 e. The van der Waals surface area contributed by atoms with Crippen LogP contribution < -0.4 is 20.1 Å². The van der Waals surface area contributed by atoms with Crippen LogP contribution in [0, 0.1) is 0 Å². The first-order valence-corrected chi connectivity index (χ1v) is 7.03. The first kappa shape index (κ1) is 15.7. The average molecular weight is 300 g/mol. The van der Waals surface area contributed by atoms with Crippen LogP contribution in [0.1, 0.15) is 6.42 Å². The molecule has 0 unspecified atom stereocenters. The number of ether oxygens (including phenoxy) is 2. The van der Waals surface area contributed by atoms with E-state index in [-0.39, 0.29) is 5.91 Å². The molecule has 1 amide bonds. The third-order valence-electron chi connectivity index (χ3n) is 3.12. The van der Waals surface area contributed by atoms with Gasteiger partial charge in [0.2, 0.25) is 5.91 Å². The minimum atomic E-state index is -0.0285. The first-order valence-electron chi connectivity index (χ1n) is 7.03. The topological polar surface area (TPSA) is 59.6 Å². The van der Waals surface area contributed by atoms with E-state index in [9.17, 15) is 4.79 Å². The van der Waals surface area contributed by atoms with Crippen LogP contribution in [0.3, 0.4) is 0 Å². The zero-order valence-electron chi connectivity index (χ0n) is 12.8. The van der Waals surface area contributed by atoms with Crippen LogP contribution in [-0.2, 0) is 4.79 Å². The molecule has 0 radical (unpaired) electrons. The van der Waals surface area contributed by atoms with Crippen molar-refractivity contribution in [2.75, 3.05) is 31.4 Å². The summed E-state index contributed by atoms with van der Waals surface area (Å²) in [6, 6.07) is 15.0. The number of nitrogens with one attached hydrogen (secondary N) is 2. The molecule has 0 bridgehead atoms. The molecule has 0 aliphatic rings. The Kier molecular flexibility index (Phi) is 5.65. The van der Waals surface area contributed by atoms with Crippen LogP contribution in [0.4, 0.5) is 11.4 Å². The SMILES string of the molecule is COc1ccc(NCCC(=O)Nc2ccccc2)cc1OC. The summed E-state index contributed by atoms with van der Waals surface area (Å²) in [5.41, 5.74) is 1.68. The van der Waals surface area contributed by atoms with Crippen molar-refractivity contribution >= 4 is 17.3 Å². The highest BCUT2D eigenvalue weighted by molar-refractivity contribution is 5.90. The second-order valence-corrected chi connectivity index (χ2v) is 4.66. The number of para-hydroxylation sites is 1. The number of rotatable bonds is 7. The van der Waals surface area contributed by atoms with Gasteiger partial charge in [-0.1, -0.05) is 18.2 Å². The second-order valence-electron chi connectivity index (χ2n) is 4.66. The average Bonchev–Trinajstić information content (AvgIpc) is 2.55. The maximum Gasteiger partial charge on any atom is 0.226 e. The summed E-state index contributed by atoms with van der Waals surface area (Å²) < 4.78 is 10.4. The van der Waals surface area contributed by atoms with Gasteiger partial charge in [0, 0.05) is 30.4 Å². The van der Waals surface area contributed by atoms with Gasteiger partial charge < -0.3 is 20.1 Å². The van der Waals surface area contributed by atoms with E-state index in [4.69, 9.17) is 9.47 Å². The highest BCUT2D eigenvalue weighted by atomic mass is 16.5.